The Hall–Kier alpha value is -4.41. The molecule has 0 amide bonds. The molecule has 0 aliphatic carbocycles. The molecule has 0 radical (unpaired) electrons. The Labute approximate surface area is 224 Å². The van der Waals surface area contributed by atoms with Gasteiger partial charge in [0.05, 0.1) is 0 Å². The summed E-state index contributed by atoms with van der Waals surface area (Å²) in [6.45, 7) is 2.29. The number of carbonyl (C=O) groups is 1. The Morgan fingerprint density at radius 3 is 1.39 bits per heavy atom. The molecule has 190 valence electrons. The van der Waals surface area contributed by atoms with Gasteiger partial charge in [0.25, 0.3) is 0 Å². The molecule has 0 saturated carbocycles. The minimum Gasteiger partial charge on any atom is -0.489 e. The third-order valence-corrected chi connectivity index (χ3v) is 6.40. The molecular weight excluding hydrogens is 470 g/mol. The Bertz CT molecular complexity index is 1300. The van der Waals surface area contributed by atoms with Crippen molar-refractivity contribution < 1.29 is 14.3 Å². The molecule has 0 atom stereocenters. The third kappa shape index (κ3) is 6.87. The molecule has 4 heteroatoms. The summed E-state index contributed by atoms with van der Waals surface area (Å²) in [5.74, 6) is 1.71. The van der Waals surface area contributed by atoms with Gasteiger partial charge in [0.2, 0.25) is 0 Å². The number of hydrogen-bond donors (Lipinski definition) is 0. The Balaban J connectivity index is 1.23. The molecule has 0 N–H and O–H groups in total. The molecule has 1 aliphatic rings. The summed E-state index contributed by atoms with van der Waals surface area (Å²) in [5.41, 5.74) is 5.79. The molecule has 5 rings (SSSR count). The average Bonchev–Trinajstić information content (AvgIpc) is 2.96. The van der Waals surface area contributed by atoms with Crippen LogP contribution in [0.4, 0.5) is 0 Å². The number of nitrogens with zero attached hydrogens (tertiary/aromatic N) is 1. The second-order valence-electron chi connectivity index (χ2n) is 9.53. The maximum atomic E-state index is 13.3. The summed E-state index contributed by atoms with van der Waals surface area (Å²) < 4.78 is 11.8. The minimum absolute atomic E-state index is 0.0944. The van der Waals surface area contributed by atoms with Crippen molar-refractivity contribution in [2.45, 2.75) is 13.2 Å². The first-order valence-corrected chi connectivity index (χ1v) is 12.8. The van der Waals surface area contributed by atoms with E-state index in [0.29, 0.717) is 26.3 Å². The zero-order valence-electron chi connectivity index (χ0n) is 21.5. The Morgan fingerprint density at radius 1 is 0.605 bits per heavy atom. The first-order valence-electron chi connectivity index (χ1n) is 12.8. The second kappa shape index (κ2) is 12.2. The maximum absolute atomic E-state index is 13.3. The highest BCUT2D eigenvalue weighted by atomic mass is 16.5. The van der Waals surface area contributed by atoms with Gasteiger partial charge >= 0.3 is 0 Å². The number of ether oxygens (including phenoxy) is 2. The molecule has 0 spiro atoms. The van der Waals surface area contributed by atoms with Gasteiger partial charge in [0.1, 0.15) is 24.7 Å². The SMILES string of the molecule is CN1C/C(=C\c2ccc(OCc3ccccc3)cc2)C(=O)/C(=C/c2ccc(OCc3ccccc3)cc2)C1. The van der Waals surface area contributed by atoms with Gasteiger partial charge in [-0.2, -0.15) is 0 Å². The predicted molar refractivity (Wildman–Crippen MR) is 153 cm³/mol. The molecule has 1 saturated heterocycles. The number of ketones is 1. The van der Waals surface area contributed by atoms with Crippen molar-refractivity contribution in [1.82, 2.24) is 4.90 Å². The van der Waals surface area contributed by atoms with E-state index in [9.17, 15) is 4.79 Å². The lowest BCUT2D eigenvalue weighted by Crippen LogP contribution is -2.34. The van der Waals surface area contributed by atoms with Gasteiger partial charge in [-0.15, -0.1) is 0 Å². The van der Waals surface area contributed by atoms with Crippen LogP contribution >= 0.6 is 0 Å². The van der Waals surface area contributed by atoms with Crippen molar-refractivity contribution in [1.29, 1.82) is 0 Å². The van der Waals surface area contributed by atoms with E-state index in [0.717, 1.165) is 44.9 Å². The van der Waals surface area contributed by atoms with Crippen LogP contribution in [-0.4, -0.2) is 30.8 Å². The maximum Gasteiger partial charge on any atom is 0.187 e. The first kappa shape index (κ1) is 25.2. The molecule has 0 unspecified atom stereocenters. The lowest BCUT2D eigenvalue weighted by atomic mass is 9.94. The predicted octanol–water partition coefficient (Wildman–Crippen LogP) is 6.83. The van der Waals surface area contributed by atoms with E-state index in [-0.39, 0.29) is 5.78 Å². The molecular formula is C34H31NO3. The topological polar surface area (TPSA) is 38.8 Å². The first-order chi connectivity index (χ1) is 18.6. The molecule has 4 aromatic rings. The normalized spacial score (nSPS) is 16.1. The summed E-state index contributed by atoms with van der Waals surface area (Å²) in [6, 6.07) is 36.0. The minimum atomic E-state index is 0.0944. The lowest BCUT2D eigenvalue weighted by molar-refractivity contribution is -0.113. The number of rotatable bonds is 8. The Morgan fingerprint density at radius 2 is 1.00 bits per heavy atom. The van der Waals surface area contributed by atoms with Crippen molar-refractivity contribution in [2.24, 2.45) is 0 Å². The highest BCUT2D eigenvalue weighted by Gasteiger charge is 2.23. The van der Waals surface area contributed by atoms with Crippen LogP contribution in [0.15, 0.2) is 120 Å². The number of likely N-dealkylation sites (N-methyl/N-ethyl adjacent to an activating group) is 1. The van der Waals surface area contributed by atoms with Crippen LogP contribution in [0, 0.1) is 0 Å². The van der Waals surface area contributed by atoms with Gasteiger partial charge in [-0.1, -0.05) is 84.9 Å². The molecule has 1 heterocycles. The smallest absolute Gasteiger partial charge is 0.187 e. The van der Waals surface area contributed by atoms with E-state index in [1.54, 1.807) is 0 Å². The van der Waals surface area contributed by atoms with Gasteiger partial charge in [0, 0.05) is 24.2 Å². The van der Waals surface area contributed by atoms with Crippen molar-refractivity contribution in [3.05, 3.63) is 143 Å². The van der Waals surface area contributed by atoms with Crippen molar-refractivity contribution in [3.8, 4) is 11.5 Å². The number of carbonyl (C=O) groups excluding carboxylic acids is 1. The van der Waals surface area contributed by atoms with Crippen molar-refractivity contribution in [3.63, 3.8) is 0 Å². The summed E-state index contributed by atoms with van der Waals surface area (Å²) in [7, 11) is 2.04. The van der Waals surface area contributed by atoms with Crippen molar-refractivity contribution in [2.75, 3.05) is 20.1 Å². The van der Waals surface area contributed by atoms with Crippen LogP contribution in [0.2, 0.25) is 0 Å². The fraction of sp³-hybridized carbons (Fsp3) is 0.147. The van der Waals surface area contributed by atoms with Gasteiger partial charge < -0.3 is 9.47 Å². The zero-order chi connectivity index (χ0) is 26.2. The summed E-state index contributed by atoms with van der Waals surface area (Å²) in [6.07, 6.45) is 3.96. The van der Waals surface area contributed by atoms with E-state index in [4.69, 9.17) is 9.47 Å². The summed E-state index contributed by atoms with van der Waals surface area (Å²) in [5, 5.41) is 0. The number of hydrogen-bond acceptors (Lipinski definition) is 4. The van der Waals surface area contributed by atoms with E-state index in [1.807, 2.05) is 128 Å². The molecule has 1 fully saturated rings. The molecule has 4 nitrogen and oxygen atoms in total. The number of piperidine rings is 1. The van der Waals surface area contributed by atoms with Gasteiger partial charge in [-0.25, -0.2) is 0 Å². The van der Waals surface area contributed by atoms with E-state index in [1.165, 1.54) is 0 Å². The number of likely N-dealkylation sites (tertiary alicyclic amines) is 1. The fourth-order valence-electron chi connectivity index (χ4n) is 4.41. The van der Waals surface area contributed by atoms with Crippen LogP contribution in [0.25, 0.3) is 12.2 Å². The van der Waals surface area contributed by atoms with Crippen LogP contribution in [-0.2, 0) is 18.0 Å². The molecule has 0 bridgehead atoms. The third-order valence-electron chi connectivity index (χ3n) is 6.40. The molecule has 1 aliphatic heterocycles. The van der Waals surface area contributed by atoms with Crippen LogP contribution in [0.5, 0.6) is 11.5 Å². The quantitative estimate of drug-likeness (QED) is 0.248. The van der Waals surface area contributed by atoms with E-state index < -0.39 is 0 Å². The van der Waals surface area contributed by atoms with E-state index in [2.05, 4.69) is 4.90 Å². The van der Waals surface area contributed by atoms with E-state index >= 15 is 0 Å². The van der Waals surface area contributed by atoms with Crippen LogP contribution < -0.4 is 9.47 Å². The monoisotopic (exact) mass is 501 g/mol. The summed E-state index contributed by atoms with van der Waals surface area (Å²) in [4.78, 5) is 15.5. The second-order valence-corrected chi connectivity index (χ2v) is 9.53. The standard InChI is InChI=1S/C34H31NO3/c1-35-22-30(20-26-12-16-32(17-13-26)37-24-28-8-4-2-5-9-28)34(36)31(23-35)21-27-14-18-33(19-15-27)38-25-29-10-6-3-7-11-29/h2-21H,22-25H2,1H3/b30-20+,31-21+. The summed E-state index contributed by atoms with van der Waals surface area (Å²) >= 11 is 0. The average molecular weight is 502 g/mol. The van der Waals surface area contributed by atoms with Crippen LogP contribution in [0.1, 0.15) is 22.3 Å². The largest absolute Gasteiger partial charge is 0.489 e. The highest BCUT2D eigenvalue weighted by Crippen LogP contribution is 2.23. The molecule has 38 heavy (non-hydrogen) atoms. The van der Waals surface area contributed by atoms with Gasteiger partial charge in [0.15, 0.2) is 5.78 Å². The number of benzene rings is 4. The highest BCUT2D eigenvalue weighted by molar-refractivity contribution is 6.14. The van der Waals surface area contributed by atoms with Gasteiger partial charge in [-0.05, 0) is 65.7 Å². The van der Waals surface area contributed by atoms with Crippen LogP contribution in [0.3, 0.4) is 0 Å². The fourth-order valence-corrected chi connectivity index (χ4v) is 4.41. The number of Topliss-reactive ketones (excluding diaryl/α,β-unsaturated/α-hetero) is 1. The zero-order valence-corrected chi connectivity index (χ0v) is 21.5. The van der Waals surface area contributed by atoms with Gasteiger partial charge in [-0.3, -0.25) is 9.69 Å². The Kier molecular flexibility index (Phi) is 8.12. The lowest BCUT2D eigenvalue weighted by Gasteiger charge is -2.26. The molecule has 0 aromatic heterocycles. The molecule has 4 aromatic carbocycles. The van der Waals surface area contributed by atoms with Crippen molar-refractivity contribution >= 4 is 17.9 Å².